The summed E-state index contributed by atoms with van der Waals surface area (Å²) in [5, 5.41) is 15.7. The van der Waals surface area contributed by atoms with Crippen LogP contribution in [0.2, 0.25) is 0 Å². The lowest BCUT2D eigenvalue weighted by Crippen LogP contribution is -2.14. The number of thioether (sulfide) groups is 1. The normalized spacial score (nSPS) is 12.2. The Morgan fingerprint density at radius 1 is 1.12 bits per heavy atom. The minimum atomic E-state index is -0.183. The van der Waals surface area contributed by atoms with Gasteiger partial charge in [0.15, 0.2) is 16.7 Å². The Bertz CT molecular complexity index is 1280. The summed E-state index contributed by atoms with van der Waals surface area (Å²) in [6, 6.07) is 13.1. The van der Waals surface area contributed by atoms with Crippen LogP contribution in [0.1, 0.15) is 5.56 Å². The van der Waals surface area contributed by atoms with E-state index in [9.17, 15) is 4.79 Å². The van der Waals surface area contributed by atoms with Gasteiger partial charge in [0.2, 0.25) is 24.3 Å². The summed E-state index contributed by atoms with van der Waals surface area (Å²) in [6.45, 7) is 2.20. The molecule has 0 unspecified atom stereocenters. The highest BCUT2D eigenvalue weighted by Gasteiger charge is 2.19. The number of hydrogen-bond acceptors (Lipinski definition) is 9. The van der Waals surface area contributed by atoms with Crippen molar-refractivity contribution in [2.24, 2.45) is 7.05 Å². The summed E-state index contributed by atoms with van der Waals surface area (Å²) in [5.41, 5.74) is 2.63. The fourth-order valence-corrected chi connectivity index (χ4v) is 3.77. The van der Waals surface area contributed by atoms with E-state index in [0.29, 0.717) is 34.0 Å². The van der Waals surface area contributed by atoms with E-state index in [4.69, 9.17) is 14.0 Å². The summed E-state index contributed by atoms with van der Waals surface area (Å²) >= 11 is 1.25. The number of benzene rings is 2. The van der Waals surface area contributed by atoms with Gasteiger partial charge in [-0.2, -0.15) is 4.98 Å². The van der Waals surface area contributed by atoms with E-state index in [1.807, 2.05) is 31.2 Å². The summed E-state index contributed by atoms with van der Waals surface area (Å²) in [4.78, 5) is 16.8. The highest BCUT2D eigenvalue weighted by Crippen LogP contribution is 2.34. The Balaban J connectivity index is 1.23. The molecule has 2 aromatic carbocycles. The molecule has 4 aromatic rings. The van der Waals surface area contributed by atoms with Crippen LogP contribution >= 0.6 is 11.8 Å². The molecule has 1 amide bonds. The molecule has 0 atom stereocenters. The van der Waals surface area contributed by atoms with Crippen LogP contribution in [0.3, 0.4) is 0 Å². The average Bonchev–Trinajstić information content (AvgIpc) is 3.52. The van der Waals surface area contributed by atoms with Gasteiger partial charge in [0.05, 0.1) is 5.75 Å². The van der Waals surface area contributed by atoms with Crippen molar-refractivity contribution < 1.29 is 18.8 Å². The van der Waals surface area contributed by atoms with Crippen molar-refractivity contribution in [1.82, 2.24) is 24.9 Å². The molecule has 1 N–H and O–H groups in total. The second-order valence-corrected chi connectivity index (χ2v) is 8.00. The van der Waals surface area contributed by atoms with Crippen LogP contribution in [0.15, 0.2) is 52.1 Å². The van der Waals surface area contributed by atoms with Crippen molar-refractivity contribution in [3.05, 3.63) is 48.0 Å². The van der Waals surface area contributed by atoms with Gasteiger partial charge in [0.25, 0.3) is 5.89 Å². The highest BCUT2D eigenvalue weighted by molar-refractivity contribution is 7.99. The largest absolute Gasteiger partial charge is 0.454 e. The molecule has 0 aliphatic carbocycles. The zero-order valence-electron chi connectivity index (χ0n) is 17.2. The van der Waals surface area contributed by atoms with Crippen LogP contribution in [0.4, 0.5) is 5.69 Å². The van der Waals surface area contributed by atoms with Crippen molar-refractivity contribution in [1.29, 1.82) is 0 Å². The molecule has 0 radical (unpaired) electrons. The molecule has 2 aromatic heterocycles. The summed E-state index contributed by atoms with van der Waals surface area (Å²) in [7, 11) is 1.78. The van der Waals surface area contributed by atoms with E-state index in [2.05, 4.69) is 25.7 Å². The van der Waals surface area contributed by atoms with Gasteiger partial charge in [-0.3, -0.25) is 4.79 Å². The molecule has 0 spiro atoms. The SMILES string of the molecule is Cc1ccc(-c2noc(-c3nnc(SCC(=O)Nc4ccc5c(c4)OCO5)n3C)n2)cc1. The minimum Gasteiger partial charge on any atom is -0.454 e. The topological polar surface area (TPSA) is 117 Å². The number of rotatable bonds is 6. The zero-order valence-corrected chi connectivity index (χ0v) is 18.0. The van der Waals surface area contributed by atoms with Crippen molar-refractivity contribution in [2.45, 2.75) is 12.1 Å². The summed E-state index contributed by atoms with van der Waals surface area (Å²) < 4.78 is 17.7. The number of fused-ring (bicyclic) bond motifs is 1. The molecule has 0 saturated carbocycles. The molecule has 3 heterocycles. The van der Waals surface area contributed by atoms with E-state index >= 15 is 0 Å². The van der Waals surface area contributed by atoms with Gasteiger partial charge < -0.3 is 23.9 Å². The van der Waals surface area contributed by atoms with Crippen LogP contribution in [-0.2, 0) is 11.8 Å². The predicted molar refractivity (Wildman–Crippen MR) is 116 cm³/mol. The molecule has 162 valence electrons. The van der Waals surface area contributed by atoms with E-state index in [0.717, 1.165) is 11.1 Å². The second kappa shape index (κ2) is 8.35. The fraction of sp³-hybridized carbons (Fsp3) is 0.190. The fourth-order valence-electron chi connectivity index (χ4n) is 3.06. The van der Waals surface area contributed by atoms with Crippen molar-refractivity contribution in [3.8, 4) is 34.6 Å². The third kappa shape index (κ3) is 4.02. The number of nitrogens with zero attached hydrogens (tertiary/aromatic N) is 5. The van der Waals surface area contributed by atoms with Crippen LogP contribution in [0.5, 0.6) is 11.5 Å². The third-order valence-electron chi connectivity index (χ3n) is 4.75. The van der Waals surface area contributed by atoms with E-state index in [1.54, 1.807) is 29.8 Å². The first-order valence-electron chi connectivity index (χ1n) is 9.69. The van der Waals surface area contributed by atoms with E-state index < -0.39 is 0 Å². The van der Waals surface area contributed by atoms with Crippen LogP contribution in [0, 0.1) is 6.92 Å². The molecule has 11 heteroatoms. The Labute approximate surface area is 186 Å². The first-order chi connectivity index (χ1) is 15.6. The number of carbonyl (C=O) groups excluding carboxylic acids is 1. The molecule has 10 nitrogen and oxygen atoms in total. The van der Waals surface area contributed by atoms with Crippen molar-refractivity contribution in [2.75, 3.05) is 17.9 Å². The van der Waals surface area contributed by atoms with E-state index in [1.165, 1.54) is 11.8 Å². The molecule has 0 fully saturated rings. The lowest BCUT2D eigenvalue weighted by Gasteiger charge is -2.06. The number of carbonyl (C=O) groups is 1. The standard InChI is InChI=1S/C21H18N6O4S/c1-12-3-5-13(6-4-12)18-23-20(31-26-18)19-24-25-21(27(19)2)32-10-17(28)22-14-7-8-15-16(9-14)30-11-29-15/h3-9H,10-11H2,1-2H3,(H,22,28). The van der Waals surface area contributed by atoms with Crippen LogP contribution in [0.25, 0.3) is 23.1 Å². The van der Waals surface area contributed by atoms with Gasteiger partial charge in [-0.05, 0) is 19.1 Å². The average molecular weight is 450 g/mol. The second-order valence-electron chi connectivity index (χ2n) is 7.06. The first kappa shape index (κ1) is 20.1. The number of ether oxygens (including phenoxy) is 2. The molecular formula is C21H18N6O4S. The number of aryl methyl sites for hydroxylation is 1. The van der Waals surface area contributed by atoms with Gasteiger partial charge in [0, 0.05) is 24.4 Å². The Hall–Kier alpha value is -3.86. The first-order valence-corrected chi connectivity index (χ1v) is 10.7. The maximum Gasteiger partial charge on any atom is 0.296 e. The van der Waals surface area contributed by atoms with Gasteiger partial charge in [-0.15, -0.1) is 10.2 Å². The monoisotopic (exact) mass is 450 g/mol. The Morgan fingerprint density at radius 2 is 1.94 bits per heavy atom. The minimum absolute atomic E-state index is 0.152. The molecule has 32 heavy (non-hydrogen) atoms. The molecule has 1 aliphatic rings. The molecule has 5 rings (SSSR count). The Kier molecular flexibility index (Phi) is 5.23. The van der Waals surface area contributed by atoms with Crippen LogP contribution in [-0.4, -0.2) is 43.4 Å². The quantitative estimate of drug-likeness (QED) is 0.442. The molecular weight excluding hydrogens is 432 g/mol. The number of amides is 1. The number of nitrogens with one attached hydrogen (secondary N) is 1. The highest BCUT2D eigenvalue weighted by atomic mass is 32.2. The maximum absolute atomic E-state index is 12.4. The van der Waals surface area contributed by atoms with Crippen molar-refractivity contribution >= 4 is 23.4 Å². The summed E-state index contributed by atoms with van der Waals surface area (Å²) in [6.07, 6.45) is 0. The smallest absolute Gasteiger partial charge is 0.296 e. The van der Waals surface area contributed by atoms with Gasteiger partial charge >= 0.3 is 0 Å². The molecule has 0 bridgehead atoms. The zero-order chi connectivity index (χ0) is 22.1. The summed E-state index contributed by atoms with van der Waals surface area (Å²) in [5.74, 6) is 2.40. The number of anilines is 1. The third-order valence-corrected chi connectivity index (χ3v) is 5.77. The van der Waals surface area contributed by atoms with Gasteiger partial charge in [0.1, 0.15) is 0 Å². The Morgan fingerprint density at radius 3 is 2.78 bits per heavy atom. The van der Waals surface area contributed by atoms with Gasteiger partial charge in [-0.25, -0.2) is 0 Å². The predicted octanol–water partition coefficient (Wildman–Crippen LogP) is 3.30. The number of aromatic nitrogens is 5. The van der Waals surface area contributed by atoms with Crippen molar-refractivity contribution in [3.63, 3.8) is 0 Å². The van der Waals surface area contributed by atoms with Gasteiger partial charge in [-0.1, -0.05) is 46.7 Å². The molecule has 0 saturated heterocycles. The van der Waals surface area contributed by atoms with Crippen LogP contribution < -0.4 is 14.8 Å². The number of hydrogen-bond donors (Lipinski definition) is 1. The lowest BCUT2D eigenvalue weighted by molar-refractivity contribution is -0.113. The lowest BCUT2D eigenvalue weighted by atomic mass is 10.1. The van der Waals surface area contributed by atoms with E-state index in [-0.39, 0.29) is 24.3 Å². The maximum atomic E-state index is 12.4. The molecule has 1 aliphatic heterocycles.